The van der Waals surface area contributed by atoms with Gasteiger partial charge in [0, 0.05) is 5.69 Å². The predicted molar refractivity (Wildman–Crippen MR) is 72.0 cm³/mol. The first-order valence-electron chi connectivity index (χ1n) is 5.79. The molecule has 0 fully saturated rings. The van der Waals surface area contributed by atoms with Gasteiger partial charge >= 0.3 is 0 Å². The Morgan fingerprint density at radius 2 is 1.95 bits per heavy atom. The molecule has 0 atom stereocenters. The Morgan fingerprint density at radius 1 is 1.25 bits per heavy atom. The zero-order valence-corrected chi connectivity index (χ0v) is 10.7. The molecule has 0 saturated carbocycles. The zero-order valence-electron chi connectivity index (χ0n) is 10.7. The lowest BCUT2D eigenvalue weighted by atomic mass is 10.1. The summed E-state index contributed by atoms with van der Waals surface area (Å²) in [5.74, 6) is -0.747. The van der Waals surface area contributed by atoms with Gasteiger partial charge in [0.25, 0.3) is 0 Å². The van der Waals surface area contributed by atoms with Gasteiger partial charge in [0.15, 0.2) is 17.3 Å². The highest BCUT2D eigenvalue weighted by molar-refractivity contribution is 5.97. The van der Waals surface area contributed by atoms with Crippen molar-refractivity contribution in [2.75, 3.05) is 5.73 Å². The summed E-state index contributed by atoms with van der Waals surface area (Å²) in [6.45, 7) is 1.37. The van der Waals surface area contributed by atoms with Gasteiger partial charge in [0.1, 0.15) is 5.75 Å². The van der Waals surface area contributed by atoms with Crippen LogP contribution in [0.2, 0.25) is 0 Å². The summed E-state index contributed by atoms with van der Waals surface area (Å²) >= 11 is 0. The molecule has 0 saturated heterocycles. The molecule has 100 valence electrons. The average Bonchev–Trinajstić information content (AvgIpc) is 2.42. The molecular formula is C15H11FN2O2. The van der Waals surface area contributed by atoms with Gasteiger partial charge in [-0.05, 0) is 43.3 Å². The lowest BCUT2D eigenvalue weighted by Crippen LogP contribution is -2.00. The molecule has 0 spiro atoms. The van der Waals surface area contributed by atoms with Gasteiger partial charge in [-0.25, -0.2) is 4.39 Å². The van der Waals surface area contributed by atoms with Crippen LogP contribution in [0.15, 0.2) is 36.4 Å². The molecule has 0 aliphatic carbocycles. The number of nitriles is 1. The number of nitrogen functional groups attached to an aromatic ring is 1. The van der Waals surface area contributed by atoms with E-state index in [1.807, 2.05) is 6.07 Å². The number of Topliss-reactive ketones (excluding diaryl/α,β-unsaturated/α-hetero) is 1. The maximum Gasteiger partial charge on any atom is 0.167 e. The normalized spacial score (nSPS) is 9.85. The fraction of sp³-hybridized carbons (Fsp3) is 0.0667. The largest absolute Gasteiger partial charge is 0.454 e. The minimum Gasteiger partial charge on any atom is -0.454 e. The number of hydrogen-bond donors (Lipinski definition) is 1. The molecule has 4 nitrogen and oxygen atoms in total. The summed E-state index contributed by atoms with van der Waals surface area (Å²) in [7, 11) is 0. The van der Waals surface area contributed by atoms with Crippen molar-refractivity contribution in [3.63, 3.8) is 0 Å². The van der Waals surface area contributed by atoms with E-state index in [0.717, 1.165) is 6.07 Å². The van der Waals surface area contributed by atoms with Crippen LogP contribution in [0.25, 0.3) is 0 Å². The fourth-order valence-electron chi connectivity index (χ4n) is 1.68. The highest BCUT2D eigenvalue weighted by Gasteiger charge is 2.12. The van der Waals surface area contributed by atoms with Crippen molar-refractivity contribution in [3.8, 4) is 17.6 Å². The van der Waals surface area contributed by atoms with E-state index < -0.39 is 5.82 Å². The molecular weight excluding hydrogens is 259 g/mol. The van der Waals surface area contributed by atoms with Crippen LogP contribution in [0.1, 0.15) is 22.8 Å². The van der Waals surface area contributed by atoms with E-state index in [4.69, 9.17) is 15.7 Å². The fourth-order valence-corrected chi connectivity index (χ4v) is 1.68. The van der Waals surface area contributed by atoms with E-state index in [2.05, 4.69) is 0 Å². The second-order valence-electron chi connectivity index (χ2n) is 4.17. The van der Waals surface area contributed by atoms with Gasteiger partial charge in [-0.1, -0.05) is 0 Å². The van der Waals surface area contributed by atoms with Gasteiger partial charge in [-0.15, -0.1) is 0 Å². The zero-order chi connectivity index (χ0) is 14.7. The van der Waals surface area contributed by atoms with Gasteiger partial charge in [0.2, 0.25) is 0 Å². The Kier molecular flexibility index (Phi) is 3.67. The first-order valence-corrected chi connectivity index (χ1v) is 5.79. The number of carbonyl (C=O) groups excluding carboxylic acids is 1. The SMILES string of the molecule is CC(=O)c1cc(N)ccc1Oc1ccc(C#N)cc1F. The Morgan fingerprint density at radius 3 is 2.55 bits per heavy atom. The van der Waals surface area contributed by atoms with Crippen molar-refractivity contribution >= 4 is 11.5 Å². The Labute approximate surface area is 115 Å². The molecule has 2 N–H and O–H groups in total. The molecule has 0 radical (unpaired) electrons. The van der Waals surface area contributed by atoms with Crippen LogP contribution in [-0.2, 0) is 0 Å². The number of nitrogens with two attached hydrogens (primary N) is 1. The van der Waals surface area contributed by atoms with Gasteiger partial charge in [0.05, 0.1) is 17.2 Å². The summed E-state index contributed by atoms with van der Waals surface area (Å²) in [4.78, 5) is 11.5. The summed E-state index contributed by atoms with van der Waals surface area (Å²) in [6, 6.07) is 10.2. The minimum absolute atomic E-state index is 0.0590. The van der Waals surface area contributed by atoms with Crippen molar-refractivity contribution in [2.45, 2.75) is 6.92 Å². The molecule has 0 aliphatic heterocycles. The Balaban J connectivity index is 2.40. The number of nitrogens with zero attached hydrogens (tertiary/aromatic N) is 1. The maximum absolute atomic E-state index is 13.7. The van der Waals surface area contributed by atoms with E-state index in [1.165, 1.54) is 31.2 Å². The maximum atomic E-state index is 13.7. The molecule has 2 rings (SSSR count). The highest BCUT2D eigenvalue weighted by Crippen LogP contribution is 2.29. The first kappa shape index (κ1) is 13.6. The molecule has 2 aromatic carbocycles. The Hall–Kier alpha value is -2.87. The van der Waals surface area contributed by atoms with E-state index in [1.54, 1.807) is 6.07 Å². The summed E-state index contributed by atoms with van der Waals surface area (Å²) in [6.07, 6.45) is 0. The van der Waals surface area contributed by atoms with Crippen molar-refractivity contribution < 1.29 is 13.9 Å². The predicted octanol–water partition coefficient (Wildman–Crippen LogP) is 3.27. The number of ether oxygens (including phenoxy) is 1. The molecule has 0 heterocycles. The number of carbonyl (C=O) groups is 1. The quantitative estimate of drug-likeness (QED) is 0.686. The van der Waals surface area contributed by atoms with E-state index in [9.17, 15) is 9.18 Å². The van der Waals surface area contributed by atoms with Crippen LogP contribution in [0.5, 0.6) is 11.5 Å². The third kappa shape index (κ3) is 2.75. The van der Waals surface area contributed by atoms with Gasteiger partial charge in [-0.3, -0.25) is 4.79 Å². The van der Waals surface area contributed by atoms with Crippen LogP contribution in [0.3, 0.4) is 0 Å². The number of anilines is 1. The Bertz CT molecular complexity index is 720. The van der Waals surface area contributed by atoms with E-state index in [-0.39, 0.29) is 28.4 Å². The number of hydrogen-bond acceptors (Lipinski definition) is 4. The monoisotopic (exact) mass is 270 g/mol. The van der Waals surface area contributed by atoms with E-state index in [0.29, 0.717) is 5.69 Å². The summed E-state index contributed by atoms with van der Waals surface area (Å²) in [5, 5.41) is 8.67. The van der Waals surface area contributed by atoms with Gasteiger partial charge < -0.3 is 10.5 Å². The summed E-state index contributed by atoms with van der Waals surface area (Å²) in [5.41, 5.74) is 6.49. The molecule has 0 amide bonds. The highest BCUT2D eigenvalue weighted by atomic mass is 19.1. The summed E-state index contributed by atoms with van der Waals surface area (Å²) < 4.78 is 19.1. The third-order valence-corrected chi connectivity index (χ3v) is 2.66. The van der Waals surface area contributed by atoms with Crippen LogP contribution < -0.4 is 10.5 Å². The number of rotatable bonds is 3. The molecule has 20 heavy (non-hydrogen) atoms. The van der Waals surface area contributed by atoms with Crippen molar-refractivity contribution in [1.82, 2.24) is 0 Å². The number of benzene rings is 2. The topological polar surface area (TPSA) is 76.1 Å². The van der Waals surface area contributed by atoms with Crippen LogP contribution in [-0.4, -0.2) is 5.78 Å². The molecule has 5 heteroatoms. The third-order valence-electron chi connectivity index (χ3n) is 2.66. The van der Waals surface area contributed by atoms with Crippen molar-refractivity contribution in [1.29, 1.82) is 5.26 Å². The smallest absolute Gasteiger partial charge is 0.167 e. The van der Waals surface area contributed by atoms with Crippen LogP contribution in [0, 0.1) is 17.1 Å². The second-order valence-corrected chi connectivity index (χ2v) is 4.17. The average molecular weight is 270 g/mol. The molecule has 2 aromatic rings. The van der Waals surface area contributed by atoms with Crippen LogP contribution in [0.4, 0.5) is 10.1 Å². The number of halogens is 1. The van der Waals surface area contributed by atoms with E-state index >= 15 is 0 Å². The van der Waals surface area contributed by atoms with Gasteiger partial charge in [-0.2, -0.15) is 5.26 Å². The van der Waals surface area contributed by atoms with Crippen molar-refractivity contribution in [2.24, 2.45) is 0 Å². The minimum atomic E-state index is -0.671. The molecule has 0 aromatic heterocycles. The number of ketones is 1. The second kappa shape index (κ2) is 5.41. The first-order chi connectivity index (χ1) is 9.51. The lowest BCUT2D eigenvalue weighted by Gasteiger charge is -2.10. The molecule has 0 unspecified atom stereocenters. The molecule has 0 aliphatic rings. The molecule has 0 bridgehead atoms. The van der Waals surface area contributed by atoms with Crippen LogP contribution >= 0.6 is 0 Å². The standard InChI is InChI=1S/C15H11FN2O2/c1-9(19)12-7-11(18)3-5-14(12)20-15-4-2-10(8-17)6-13(15)16/h2-7H,18H2,1H3. The lowest BCUT2D eigenvalue weighted by molar-refractivity contribution is 0.101. The van der Waals surface area contributed by atoms with Crippen molar-refractivity contribution in [3.05, 3.63) is 53.3 Å².